The molecule has 3 aromatic carbocycles. The van der Waals surface area contributed by atoms with Gasteiger partial charge in [0.05, 0.1) is 33.1 Å². The fraction of sp³-hybridized carbons (Fsp3) is 0. The molecule has 0 aliphatic rings. The summed E-state index contributed by atoms with van der Waals surface area (Å²) in [5.74, 6) is 0. The Morgan fingerprint density at radius 3 is 0.884 bits per heavy atom. The topological polar surface area (TPSA) is 77.3 Å². The number of aromatic nitrogens is 6. The van der Waals surface area contributed by atoms with E-state index < -0.39 is 0 Å². The second-order valence-electron chi connectivity index (χ2n) is 9.63. The van der Waals surface area contributed by atoms with Gasteiger partial charge < -0.3 is 0 Å². The van der Waals surface area contributed by atoms with Crippen LogP contribution in [0.1, 0.15) is 0 Å². The summed E-state index contributed by atoms with van der Waals surface area (Å²) in [6, 6.07) is 36.3. The quantitative estimate of drug-likeness (QED) is 0.146. The van der Waals surface area contributed by atoms with Crippen molar-refractivity contribution in [1.82, 2.24) is 29.9 Å². The zero-order valence-electron chi connectivity index (χ0n) is 22.9. The summed E-state index contributed by atoms with van der Waals surface area (Å²) in [6.45, 7) is 0. The van der Waals surface area contributed by atoms with Gasteiger partial charge in [0.25, 0.3) is 0 Å². The average molecular weight is 731 g/mol. The van der Waals surface area contributed by atoms with Gasteiger partial charge in [-0.05, 0) is 72.8 Å². The molecule has 6 aromatic heterocycles. The first-order valence-electron chi connectivity index (χ1n) is 13.6. The summed E-state index contributed by atoms with van der Waals surface area (Å²) in [5.41, 5.74) is 6.07. The maximum atomic E-state index is 4.37. The number of hydrogen-bond donors (Lipinski definition) is 0. The Hall–Kier alpha value is -5.24. The molecular formula is C36H24N6Os. The number of nitrogens with zero attached hydrogens (tertiary/aromatic N) is 6. The monoisotopic (exact) mass is 732 g/mol. The fourth-order valence-electron chi connectivity index (χ4n) is 5.09. The minimum Gasteiger partial charge on any atom is -0.256 e. The minimum absolute atomic E-state index is 0. The fourth-order valence-corrected chi connectivity index (χ4v) is 5.09. The van der Waals surface area contributed by atoms with Gasteiger partial charge in [-0.2, -0.15) is 0 Å². The zero-order valence-corrected chi connectivity index (χ0v) is 25.4. The van der Waals surface area contributed by atoms with Crippen LogP contribution in [0.5, 0.6) is 0 Å². The van der Waals surface area contributed by atoms with Crippen molar-refractivity contribution in [3.05, 3.63) is 146 Å². The molecule has 0 aliphatic carbocycles. The molecule has 6 nitrogen and oxygen atoms in total. The van der Waals surface area contributed by atoms with Crippen LogP contribution in [0, 0.1) is 0 Å². The van der Waals surface area contributed by atoms with E-state index in [0.29, 0.717) is 0 Å². The van der Waals surface area contributed by atoms with Gasteiger partial charge in [0.15, 0.2) is 0 Å². The standard InChI is InChI=1S/3C12H8N2.Os/c3*1-3-9-5-6-11-10(4-2-7-13-11)12(9)14-8-1;/h3*1-8H;. The van der Waals surface area contributed by atoms with E-state index in [0.717, 1.165) is 65.4 Å². The van der Waals surface area contributed by atoms with Crippen molar-refractivity contribution in [3.8, 4) is 0 Å². The Bertz CT molecular complexity index is 1910. The number of benzene rings is 3. The third kappa shape index (κ3) is 5.77. The third-order valence-electron chi connectivity index (χ3n) is 7.06. The molecule has 0 aliphatic heterocycles. The van der Waals surface area contributed by atoms with Gasteiger partial charge in [0.2, 0.25) is 0 Å². The summed E-state index contributed by atoms with van der Waals surface area (Å²) < 4.78 is 0. The molecule has 0 saturated carbocycles. The Labute approximate surface area is 260 Å². The van der Waals surface area contributed by atoms with Crippen molar-refractivity contribution in [2.24, 2.45) is 0 Å². The van der Waals surface area contributed by atoms with Crippen molar-refractivity contribution in [1.29, 1.82) is 0 Å². The van der Waals surface area contributed by atoms with Crippen molar-refractivity contribution in [3.63, 3.8) is 0 Å². The molecule has 0 amide bonds. The molecule has 0 bridgehead atoms. The SMILES string of the molecule is [Os].c1cnc2c(c1)ccc1ncccc12.c1cnc2c(c1)ccc1ncccc12.c1cnc2c(c1)ccc1ncccc12. The van der Waals surface area contributed by atoms with E-state index in [1.807, 2.05) is 73.2 Å². The van der Waals surface area contributed by atoms with Gasteiger partial charge in [-0.15, -0.1) is 0 Å². The molecule has 6 heterocycles. The van der Waals surface area contributed by atoms with Crippen LogP contribution in [0.4, 0.5) is 0 Å². The van der Waals surface area contributed by atoms with Gasteiger partial charge in [0, 0.05) is 89.3 Å². The molecule has 7 heteroatoms. The number of rotatable bonds is 0. The predicted octanol–water partition coefficient (Wildman–Crippen LogP) is 8.35. The van der Waals surface area contributed by atoms with Crippen LogP contribution in [-0.4, -0.2) is 29.9 Å². The van der Waals surface area contributed by atoms with E-state index in [4.69, 9.17) is 0 Å². The molecule has 9 rings (SSSR count). The molecule has 206 valence electrons. The van der Waals surface area contributed by atoms with E-state index >= 15 is 0 Å². The van der Waals surface area contributed by atoms with E-state index in [1.54, 1.807) is 18.6 Å². The smallest absolute Gasteiger partial charge is 0.0795 e. The zero-order chi connectivity index (χ0) is 28.1. The van der Waals surface area contributed by atoms with Crippen molar-refractivity contribution < 1.29 is 19.8 Å². The van der Waals surface area contributed by atoms with E-state index in [-0.39, 0.29) is 19.8 Å². The summed E-state index contributed by atoms with van der Waals surface area (Å²) >= 11 is 0. The molecule has 0 fully saturated rings. The van der Waals surface area contributed by atoms with Crippen LogP contribution in [0.15, 0.2) is 146 Å². The van der Waals surface area contributed by atoms with E-state index in [9.17, 15) is 0 Å². The largest absolute Gasteiger partial charge is 0.256 e. The second-order valence-corrected chi connectivity index (χ2v) is 9.63. The molecule has 0 unspecified atom stereocenters. The van der Waals surface area contributed by atoms with E-state index in [1.165, 1.54) is 0 Å². The minimum atomic E-state index is 0. The Morgan fingerprint density at radius 2 is 0.558 bits per heavy atom. The summed E-state index contributed by atoms with van der Waals surface area (Å²) in [6.07, 6.45) is 10.9. The number of fused-ring (bicyclic) bond motifs is 9. The van der Waals surface area contributed by atoms with Crippen LogP contribution >= 0.6 is 0 Å². The Morgan fingerprint density at radius 1 is 0.279 bits per heavy atom. The van der Waals surface area contributed by atoms with Gasteiger partial charge in [0.1, 0.15) is 0 Å². The van der Waals surface area contributed by atoms with Gasteiger partial charge >= 0.3 is 0 Å². The second kappa shape index (κ2) is 12.7. The first kappa shape index (κ1) is 27.9. The normalized spacial score (nSPS) is 10.6. The molecule has 0 saturated heterocycles. The van der Waals surface area contributed by atoms with Crippen LogP contribution in [0.3, 0.4) is 0 Å². The number of hydrogen-bond acceptors (Lipinski definition) is 6. The van der Waals surface area contributed by atoms with Gasteiger partial charge in [-0.25, -0.2) is 0 Å². The Kier molecular flexibility index (Phi) is 8.26. The molecular weight excluding hydrogens is 707 g/mol. The first-order valence-corrected chi connectivity index (χ1v) is 13.6. The predicted molar refractivity (Wildman–Crippen MR) is 171 cm³/mol. The Balaban J connectivity index is 0.000000113. The maximum absolute atomic E-state index is 4.37. The van der Waals surface area contributed by atoms with Crippen molar-refractivity contribution >= 4 is 65.4 Å². The van der Waals surface area contributed by atoms with Crippen LogP contribution in [0.2, 0.25) is 0 Å². The first-order chi connectivity index (χ1) is 20.8. The molecule has 9 aromatic rings. The van der Waals surface area contributed by atoms with Crippen LogP contribution in [-0.2, 0) is 19.8 Å². The van der Waals surface area contributed by atoms with Crippen molar-refractivity contribution in [2.75, 3.05) is 0 Å². The average Bonchev–Trinajstić information content (AvgIpc) is 3.09. The van der Waals surface area contributed by atoms with Crippen LogP contribution in [0.25, 0.3) is 65.4 Å². The van der Waals surface area contributed by atoms with Crippen molar-refractivity contribution in [2.45, 2.75) is 0 Å². The molecule has 0 spiro atoms. The number of pyridine rings is 6. The summed E-state index contributed by atoms with van der Waals surface area (Å²) in [4.78, 5) is 26.0. The summed E-state index contributed by atoms with van der Waals surface area (Å²) in [7, 11) is 0. The van der Waals surface area contributed by atoms with Crippen LogP contribution < -0.4 is 0 Å². The molecule has 0 radical (unpaired) electrons. The van der Waals surface area contributed by atoms with E-state index in [2.05, 4.69) is 84.5 Å². The summed E-state index contributed by atoms with van der Waals surface area (Å²) in [5, 5.41) is 6.83. The molecule has 43 heavy (non-hydrogen) atoms. The maximum Gasteiger partial charge on any atom is 0.0795 e. The van der Waals surface area contributed by atoms with Gasteiger partial charge in [-0.3, -0.25) is 29.9 Å². The molecule has 0 N–H and O–H groups in total. The van der Waals surface area contributed by atoms with Gasteiger partial charge in [-0.1, -0.05) is 36.4 Å². The molecule has 0 atom stereocenters. The third-order valence-corrected chi connectivity index (χ3v) is 7.06.